The average Bonchev–Trinajstić information content (AvgIpc) is 2.75. The summed E-state index contributed by atoms with van der Waals surface area (Å²) >= 11 is 0. The first kappa shape index (κ1) is 17.4. The number of esters is 1. The zero-order chi connectivity index (χ0) is 20.0. The summed E-state index contributed by atoms with van der Waals surface area (Å²) in [4.78, 5) is 12.7. The lowest BCUT2D eigenvalue weighted by Gasteiger charge is -2.15. The van der Waals surface area contributed by atoms with E-state index < -0.39 is 0 Å². The lowest BCUT2D eigenvalue weighted by molar-refractivity contribution is -0.130. The molecule has 0 bridgehead atoms. The highest BCUT2D eigenvalue weighted by molar-refractivity contribution is 6.24. The van der Waals surface area contributed by atoms with Crippen LogP contribution in [0.2, 0.25) is 0 Å². The molecule has 0 aromatic heterocycles. The second-order valence-electron chi connectivity index (χ2n) is 7.48. The lowest BCUT2D eigenvalue weighted by Crippen LogP contribution is -2.10. The van der Waals surface area contributed by atoms with Gasteiger partial charge in [0.05, 0.1) is 0 Å². The molecule has 0 N–H and O–H groups in total. The molecular formula is C27H20O2. The van der Waals surface area contributed by atoms with E-state index in [1.165, 1.54) is 21.5 Å². The van der Waals surface area contributed by atoms with Crippen LogP contribution < -0.4 is 4.74 Å². The highest BCUT2D eigenvalue weighted by Gasteiger charge is 2.16. The molecule has 0 radical (unpaired) electrons. The van der Waals surface area contributed by atoms with Crippen molar-refractivity contribution in [3.8, 4) is 5.75 Å². The van der Waals surface area contributed by atoms with Crippen LogP contribution in [0.5, 0.6) is 5.75 Å². The van der Waals surface area contributed by atoms with Gasteiger partial charge in [-0.05, 0) is 69.4 Å². The number of ether oxygens (including phenoxy) is 1. The minimum absolute atomic E-state index is 0.329. The summed E-state index contributed by atoms with van der Waals surface area (Å²) in [6.07, 6.45) is 1.85. The molecule has 0 saturated heterocycles. The molecule has 0 amide bonds. The molecule has 5 aromatic rings. The van der Waals surface area contributed by atoms with Crippen LogP contribution in [-0.4, -0.2) is 5.97 Å². The predicted molar refractivity (Wildman–Crippen MR) is 121 cm³/mol. The Morgan fingerprint density at radius 1 is 0.793 bits per heavy atom. The minimum atomic E-state index is -0.329. The van der Waals surface area contributed by atoms with E-state index in [9.17, 15) is 4.79 Å². The quantitative estimate of drug-likeness (QED) is 0.148. The van der Waals surface area contributed by atoms with E-state index in [1.54, 1.807) is 6.92 Å². The fraction of sp³-hybridized carbons (Fsp3) is 0.0741. The topological polar surface area (TPSA) is 26.3 Å². The molecule has 2 nitrogen and oxygen atoms in total. The molecule has 0 aliphatic rings. The van der Waals surface area contributed by atoms with Gasteiger partial charge in [0.1, 0.15) is 5.75 Å². The third-order valence-corrected chi connectivity index (χ3v) is 5.58. The van der Waals surface area contributed by atoms with Crippen molar-refractivity contribution < 1.29 is 9.53 Å². The van der Waals surface area contributed by atoms with Crippen molar-refractivity contribution in [2.75, 3.05) is 0 Å². The molecule has 0 atom stereocenters. The molecule has 0 spiro atoms. The van der Waals surface area contributed by atoms with Crippen molar-refractivity contribution >= 4 is 44.4 Å². The Morgan fingerprint density at radius 2 is 1.48 bits per heavy atom. The maximum Gasteiger partial charge on any atom is 0.339 e. The summed E-state index contributed by atoms with van der Waals surface area (Å²) < 4.78 is 5.82. The van der Waals surface area contributed by atoms with Gasteiger partial charge in [0.25, 0.3) is 0 Å². The number of rotatable bonds is 3. The van der Waals surface area contributed by atoms with E-state index in [-0.39, 0.29) is 5.97 Å². The molecule has 0 fully saturated rings. The highest BCUT2D eigenvalue weighted by atomic mass is 16.5. The second-order valence-corrected chi connectivity index (χ2v) is 7.48. The van der Waals surface area contributed by atoms with Gasteiger partial charge in [-0.1, -0.05) is 72.8 Å². The van der Waals surface area contributed by atoms with Gasteiger partial charge in [-0.15, -0.1) is 0 Å². The highest BCUT2D eigenvalue weighted by Crippen LogP contribution is 2.39. The zero-order valence-electron chi connectivity index (χ0n) is 16.4. The van der Waals surface area contributed by atoms with E-state index in [1.807, 2.05) is 49.4 Å². The number of benzene rings is 5. The Labute approximate surface area is 169 Å². The molecule has 140 valence electrons. The van der Waals surface area contributed by atoms with Crippen molar-refractivity contribution in [3.63, 3.8) is 0 Å². The van der Waals surface area contributed by atoms with Crippen LogP contribution in [0.3, 0.4) is 0 Å². The summed E-state index contributed by atoms with van der Waals surface area (Å²) in [5, 5.41) is 7.16. The van der Waals surface area contributed by atoms with Crippen LogP contribution in [0.25, 0.3) is 38.4 Å². The van der Waals surface area contributed by atoms with E-state index in [4.69, 9.17) is 4.74 Å². The Kier molecular flexibility index (Phi) is 4.06. The van der Waals surface area contributed by atoms with Crippen molar-refractivity contribution in [2.24, 2.45) is 0 Å². The van der Waals surface area contributed by atoms with Gasteiger partial charge < -0.3 is 4.74 Å². The summed E-state index contributed by atoms with van der Waals surface area (Å²) in [5.74, 6) is 0.284. The van der Waals surface area contributed by atoms with Gasteiger partial charge in [-0.2, -0.15) is 0 Å². The van der Waals surface area contributed by atoms with Crippen LogP contribution in [0.1, 0.15) is 18.1 Å². The summed E-state index contributed by atoms with van der Waals surface area (Å²) in [6, 6.07) is 26.7. The SMILES string of the molecule is CC(=Cc1ccccc1)C(=O)Oc1cc2ccc3cccc4ccc(c1C)c2c34. The fourth-order valence-corrected chi connectivity index (χ4v) is 4.07. The summed E-state index contributed by atoms with van der Waals surface area (Å²) in [5.41, 5.74) is 2.53. The van der Waals surface area contributed by atoms with Crippen LogP contribution in [0.15, 0.2) is 84.4 Å². The number of hydrogen-bond acceptors (Lipinski definition) is 2. The molecule has 0 heterocycles. The first-order valence-corrected chi connectivity index (χ1v) is 9.74. The molecular weight excluding hydrogens is 356 g/mol. The van der Waals surface area contributed by atoms with Crippen molar-refractivity contribution in [1.29, 1.82) is 0 Å². The lowest BCUT2D eigenvalue weighted by atomic mass is 9.92. The van der Waals surface area contributed by atoms with Crippen molar-refractivity contribution in [2.45, 2.75) is 13.8 Å². The molecule has 2 heteroatoms. The van der Waals surface area contributed by atoms with Crippen molar-refractivity contribution in [1.82, 2.24) is 0 Å². The Hall–Kier alpha value is -3.65. The third-order valence-electron chi connectivity index (χ3n) is 5.58. The summed E-state index contributed by atoms with van der Waals surface area (Å²) in [6.45, 7) is 3.81. The van der Waals surface area contributed by atoms with Gasteiger partial charge in [-0.25, -0.2) is 4.79 Å². The van der Waals surface area contributed by atoms with Gasteiger partial charge in [-0.3, -0.25) is 0 Å². The van der Waals surface area contributed by atoms with Gasteiger partial charge >= 0.3 is 5.97 Å². The smallest absolute Gasteiger partial charge is 0.339 e. The van der Waals surface area contributed by atoms with Crippen LogP contribution in [0.4, 0.5) is 0 Å². The van der Waals surface area contributed by atoms with Crippen LogP contribution in [-0.2, 0) is 4.79 Å². The normalized spacial score (nSPS) is 12.1. The third kappa shape index (κ3) is 2.94. The first-order valence-electron chi connectivity index (χ1n) is 9.74. The molecule has 5 aromatic carbocycles. The Morgan fingerprint density at radius 3 is 2.24 bits per heavy atom. The number of carbonyl (C=O) groups excluding carboxylic acids is 1. The monoisotopic (exact) mass is 376 g/mol. The Balaban J connectivity index is 1.59. The maximum absolute atomic E-state index is 12.7. The van der Waals surface area contributed by atoms with Crippen molar-refractivity contribution in [3.05, 3.63) is 95.6 Å². The zero-order valence-corrected chi connectivity index (χ0v) is 16.4. The second kappa shape index (κ2) is 6.75. The van der Waals surface area contributed by atoms with E-state index in [0.717, 1.165) is 21.9 Å². The standard InChI is InChI=1S/C27H20O2/c1-17(15-19-7-4-3-5-8-19)27(28)29-24-16-22-12-11-20-9-6-10-21-13-14-23(18(24)2)26(22)25(20)21/h3-16H,1-2H3. The minimum Gasteiger partial charge on any atom is -0.423 e. The molecule has 0 aliphatic heterocycles. The van der Waals surface area contributed by atoms with Gasteiger partial charge in [0.2, 0.25) is 0 Å². The van der Waals surface area contributed by atoms with Gasteiger partial charge in [0.15, 0.2) is 0 Å². The van der Waals surface area contributed by atoms with E-state index in [0.29, 0.717) is 11.3 Å². The molecule has 0 saturated carbocycles. The predicted octanol–water partition coefficient (Wildman–Crippen LogP) is 6.90. The maximum atomic E-state index is 12.7. The number of carbonyl (C=O) groups is 1. The van der Waals surface area contributed by atoms with E-state index in [2.05, 4.69) is 42.5 Å². The Bertz CT molecular complexity index is 1380. The number of aryl methyl sites for hydroxylation is 1. The first-order chi connectivity index (χ1) is 14.1. The van der Waals surface area contributed by atoms with Crippen LogP contribution in [0, 0.1) is 6.92 Å². The van der Waals surface area contributed by atoms with Gasteiger partial charge in [0, 0.05) is 5.57 Å². The van der Waals surface area contributed by atoms with E-state index >= 15 is 0 Å². The molecule has 5 rings (SSSR count). The summed E-state index contributed by atoms with van der Waals surface area (Å²) in [7, 11) is 0. The molecule has 0 aliphatic carbocycles. The molecule has 0 unspecified atom stereocenters. The number of hydrogen-bond donors (Lipinski definition) is 0. The average molecular weight is 376 g/mol. The fourth-order valence-electron chi connectivity index (χ4n) is 4.07. The largest absolute Gasteiger partial charge is 0.423 e. The molecule has 29 heavy (non-hydrogen) atoms. The van der Waals surface area contributed by atoms with Crippen LogP contribution >= 0.6 is 0 Å².